The highest BCUT2D eigenvalue weighted by Crippen LogP contribution is 2.31. The molecule has 0 bridgehead atoms. The zero-order valence-electron chi connectivity index (χ0n) is 11.3. The first kappa shape index (κ1) is 13.3. The Labute approximate surface area is 101 Å². The average molecular weight is 218 g/mol. The molecule has 0 aliphatic rings. The van der Waals surface area contributed by atoms with Crippen LogP contribution in [-0.2, 0) is 5.41 Å². The first-order chi connectivity index (χ1) is 7.56. The average Bonchev–Trinajstić information content (AvgIpc) is 2.27. The summed E-state index contributed by atoms with van der Waals surface area (Å²) in [7, 11) is 0. The van der Waals surface area contributed by atoms with Gasteiger partial charge in [0.1, 0.15) is 0 Å². The SMILES string of the molecule is CCCCC(C)CC(C)(C)c1ccccc1. The van der Waals surface area contributed by atoms with E-state index in [0.717, 1.165) is 5.92 Å². The molecule has 0 saturated carbocycles. The van der Waals surface area contributed by atoms with Gasteiger partial charge in [0.2, 0.25) is 0 Å². The Kier molecular flexibility index (Phi) is 5.05. The smallest absolute Gasteiger partial charge is 0.0101 e. The van der Waals surface area contributed by atoms with Gasteiger partial charge < -0.3 is 0 Å². The van der Waals surface area contributed by atoms with E-state index in [1.165, 1.54) is 31.2 Å². The highest BCUT2D eigenvalue weighted by Gasteiger charge is 2.22. The van der Waals surface area contributed by atoms with Crippen molar-refractivity contribution in [2.75, 3.05) is 0 Å². The van der Waals surface area contributed by atoms with Crippen molar-refractivity contribution >= 4 is 0 Å². The van der Waals surface area contributed by atoms with Crippen molar-refractivity contribution in [3.05, 3.63) is 35.9 Å². The van der Waals surface area contributed by atoms with Crippen molar-refractivity contribution in [1.29, 1.82) is 0 Å². The van der Waals surface area contributed by atoms with Gasteiger partial charge in [0, 0.05) is 0 Å². The normalized spacial score (nSPS) is 13.8. The predicted octanol–water partition coefficient (Wildman–Crippen LogP) is 5.18. The first-order valence-electron chi connectivity index (χ1n) is 6.62. The Balaban J connectivity index is 2.58. The summed E-state index contributed by atoms with van der Waals surface area (Å²) in [5.74, 6) is 0.829. The van der Waals surface area contributed by atoms with Crippen LogP contribution in [0.15, 0.2) is 30.3 Å². The molecule has 0 aliphatic carbocycles. The van der Waals surface area contributed by atoms with Crippen LogP contribution in [0.5, 0.6) is 0 Å². The van der Waals surface area contributed by atoms with E-state index in [4.69, 9.17) is 0 Å². The third-order valence-electron chi connectivity index (χ3n) is 3.46. The summed E-state index contributed by atoms with van der Waals surface area (Å²) in [6, 6.07) is 10.9. The van der Waals surface area contributed by atoms with Crippen LogP contribution in [-0.4, -0.2) is 0 Å². The first-order valence-corrected chi connectivity index (χ1v) is 6.62. The summed E-state index contributed by atoms with van der Waals surface area (Å²) in [4.78, 5) is 0. The molecule has 16 heavy (non-hydrogen) atoms. The lowest BCUT2D eigenvalue weighted by atomic mass is 9.76. The van der Waals surface area contributed by atoms with E-state index in [1.807, 2.05) is 0 Å². The van der Waals surface area contributed by atoms with E-state index in [1.54, 1.807) is 0 Å². The second-order valence-corrected chi connectivity index (χ2v) is 5.70. The Morgan fingerprint density at radius 1 is 1.12 bits per heavy atom. The molecule has 0 nitrogen and oxygen atoms in total. The van der Waals surface area contributed by atoms with Crippen LogP contribution in [0.1, 0.15) is 58.9 Å². The maximum Gasteiger partial charge on any atom is -0.0101 e. The number of hydrogen-bond donors (Lipinski definition) is 0. The molecule has 0 aliphatic heterocycles. The molecule has 0 saturated heterocycles. The van der Waals surface area contributed by atoms with Crippen LogP contribution in [0, 0.1) is 5.92 Å². The van der Waals surface area contributed by atoms with Gasteiger partial charge in [-0.2, -0.15) is 0 Å². The van der Waals surface area contributed by atoms with Crippen LogP contribution < -0.4 is 0 Å². The minimum Gasteiger partial charge on any atom is -0.0654 e. The van der Waals surface area contributed by atoms with E-state index in [0.29, 0.717) is 5.41 Å². The summed E-state index contributed by atoms with van der Waals surface area (Å²) >= 11 is 0. The molecule has 0 aromatic heterocycles. The van der Waals surface area contributed by atoms with Crippen molar-refractivity contribution < 1.29 is 0 Å². The second kappa shape index (κ2) is 6.08. The molecule has 1 unspecified atom stereocenters. The van der Waals surface area contributed by atoms with Crippen LogP contribution in [0.25, 0.3) is 0 Å². The van der Waals surface area contributed by atoms with Crippen molar-refractivity contribution in [3.8, 4) is 0 Å². The molecule has 1 aromatic carbocycles. The fourth-order valence-corrected chi connectivity index (χ4v) is 2.53. The Morgan fingerprint density at radius 2 is 1.75 bits per heavy atom. The summed E-state index contributed by atoms with van der Waals surface area (Å²) in [6.07, 6.45) is 5.34. The van der Waals surface area contributed by atoms with E-state index in [9.17, 15) is 0 Å². The van der Waals surface area contributed by atoms with Gasteiger partial charge in [0.05, 0.1) is 0 Å². The number of unbranched alkanes of at least 4 members (excludes halogenated alkanes) is 1. The Hall–Kier alpha value is -0.780. The second-order valence-electron chi connectivity index (χ2n) is 5.70. The van der Waals surface area contributed by atoms with Crippen molar-refractivity contribution in [3.63, 3.8) is 0 Å². The van der Waals surface area contributed by atoms with Gasteiger partial charge in [0.15, 0.2) is 0 Å². The third kappa shape index (κ3) is 4.00. The van der Waals surface area contributed by atoms with Gasteiger partial charge >= 0.3 is 0 Å². The maximum absolute atomic E-state index is 2.39. The maximum atomic E-state index is 2.39. The van der Waals surface area contributed by atoms with E-state index >= 15 is 0 Å². The zero-order valence-corrected chi connectivity index (χ0v) is 11.3. The molecule has 90 valence electrons. The highest BCUT2D eigenvalue weighted by atomic mass is 14.3. The molecule has 0 amide bonds. The van der Waals surface area contributed by atoms with Crippen molar-refractivity contribution in [2.45, 2.75) is 58.8 Å². The monoisotopic (exact) mass is 218 g/mol. The van der Waals surface area contributed by atoms with Crippen molar-refractivity contribution in [1.82, 2.24) is 0 Å². The molecule has 0 spiro atoms. The summed E-state index contributed by atoms with van der Waals surface area (Å²) in [6.45, 7) is 9.39. The van der Waals surface area contributed by atoms with Gasteiger partial charge in [-0.15, -0.1) is 0 Å². The largest absolute Gasteiger partial charge is 0.0654 e. The van der Waals surface area contributed by atoms with E-state index in [-0.39, 0.29) is 0 Å². The van der Waals surface area contributed by atoms with Gasteiger partial charge in [0.25, 0.3) is 0 Å². The van der Waals surface area contributed by atoms with Crippen LogP contribution in [0.2, 0.25) is 0 Å². The molecule has 0 heteroatoms. The van der Waals surface area contributed by atoms with Crippen LogP contribution in [0.3, 0.4) is 0 Å². The zero-order chi connectivity index (χ0) is 12.0. The molecule has 0 N–H and O–H groups in total. The fourth-order valence-electron chi connectivity index (χ4n) is 2.53. The lowest BCUT2D eigenvalue weighted by molar-refractivity contribution is 0.356. The Bertz CT molecular complexity index is 284. The van der Waals surface area contributed by atoms with Gasteiger partial charge in [-0.3, -0.25) is 0 Å². The molecule has 1 atom stereocenters. The molecule has 0 fully saturated rings. The number of hydrogen-bond acceptors (Lipinski definition) is 0. The topological polar surface area (TPSA) is 0 Å². The quantitative estimate of drug-likeness (QED) is 0.617. The Morgan fingerprint density at radius 3 is 2.31 bits per heavy atom. The summed E-state index contributed by atoms with van der Waals surface area (Å²) in [5.41, 5.74) is 1.78. The van der Waals surface area contributed by atoms with E-state index in [2.05, 4.69) is 58.0 Å². The molecule has 0 heterocycles. The highest BCUT2D eigenvalue weighted by molar-refractivity contribution is 5.23. The third-order valence-corrected chi connectivity index (χ3v) is 3.46. The van der Waals surface area contributed by atoms with Gasteiger partial charge in [-0.1, -0.05) is 77.3 Å². The predicted molar refractivity (Wildman–Crippen MR) is 72.8 cm³/mol. The van der Waals surface area contributed by atoms with Crippen molar-refractivity contribution in [2.24, 2.45) is 5.92 Å². The lowest BCUT2D eigenvalue weighted by Gasteiger charge is -2.28. The van der Waals surface area contributed by atoms with Crippen LogP contribution in [0.4, 0.5) is 0 Å². The molecular formula is C16H26. The standard InChI is InChI=1S/C16H26/c1-5-6-10-14(2)13-16(3,4)15-11-8-7-9-12-15/h7-9,11-12,14H,5-6,10,13H2,1-4H3. The molecule has 0 radical (unpaired) electrons. The number of rotatable bonds is 6. The van der Waals surface area contributed by atoms with E-state index < -0.39 is 0 Å². The fraction of sp³-hybridized carbons (Fsp3) is 0.625. The molecular weight excluding hydrogens is 192 g/mol. The molecule has 1 aromatic rings. The molecule has 1 rings (SSSR count). The number of benzene rings is 1. The van der Waals surface area contributed by atoms with Gasteiger partial charge in [-0.25, -0.2) is 0 Å². The minimum absolute atomic E-state index is 0.314. The lowest BCUT2D eigenvalue weighted by Crippen LogP contribution is -2.20. The van der Waals surface area contributed by atoms with Crippen LogP contribution >= 0.6 is 0 Å². The summed E-state index contributed by atoms with van der Waals surface area (Å²) in [5, 5.41) is 0. The minimum atomic E-state index is 0.314. The summed E-state index contributed by atoms with van der Waals surface area (Å²) < 4.78 is 0. The van der Waals surface area contributed by atoms with Gasteiger partial charge in [-0.05, 0) is 23.3 Å².